The first-order valence-corrected chi connectivity index (χ1v) is 8.03. The van der Waals surface area contributed by atoms with E-state index >= 15 is 0 Å². The predicted octanol–water partition coefficient (Wildman–Crippen LogP) is 4.25. The molecule has 1 heterocycles. The fourth-order valence-corrected chi connectivity index (χ4v) is 3.23. The summed E-state index contributed by atoms with van der Waals surface area (Å²) in [6.45, 7) is 1.78. The highest BCUT2D eigenvalue weighted by Crippen LogP contribution is 2.34. The molecule has 0 unspecified atom stereocenters. The molecule has 0 saturated heterocycles. The van der Waals surface area contributed by atoms with Crippen LogP contribution in [0.3, 0.4) is 0 Å². The van der Waals surface area contributed by atoms with Crippen molar-refractivity contribution < 1.29 is 18.0 Å². The summed E-state index contributed by atoms with van der Waals surface area (Å²) in [5.74, 6) is -0.472. The van der Waals surface area contributed by atoms with Crippen LogP contribution in [0.2, 0.25) is 5.02 Å². The van der Waals surface area contributed by atoms with Crippen molar-refractivity contribution in [2.75, 3.05) is 11.1 Å². The number of anilines is 1. The van der Waals surface area contributed by atoms with Gasteiger partial charge in [0.15, 0.2) is 4.34 Å². The maximum absolute atomic E-state index is 12.6. The molecule has 0 fully saturated rings. The number of hydrogen-bond donors (Lipinski definition) is 1. The van der Waals surface area contributed by atoms with Gasteiger partial charge in [0.2, 0.25) is 5.91 Å². The first-order chi connectivity index (χ1) is 10.3. The molecule has 118 valence electrons. The largest absolute Gasteiger partial charge is 0.416 e. The van der Waals surface area contributed by atoms with Crippen molar-refractivity contribution in [1.82, 2.24) is 10.2 Å². The molecule has 0 saturated carbocycles. The second-order valence-electron chi connectivity index (χ2n) is 4.12. The zero-order valence-corrected chi connectivity index (χ0v) is 13.5. The van der Waals surface area contributed by atoms with Crippen LogP contribution >= 0.6 is 34.7 Å². The zero-order chi connectivity index (χ0) is 16.3. The van der Waals surface area contributed by atoms with Crippen molar-refractivity contribution >= 4 is 46.3 Å². The van der Waals surface area contributed by atoms with Gasteiger partial charge in [0.05, 0.1) is 22.0 Å². The number of amides is 1. The van der Waals surface area contributed by atoms with Gasteiger partial charge in [0, 0.05) is 0 Å². The van der Waals surface area contributed by atoms with Crippen LogP contribution in [0.1, 0.15) is 10.6 Å². The standard InChI is InChI=1S/C12H9ClF3N3OS2/c1-6-18-19-11(22-6)21-5-10(20)17-9-4-7(12(14,15)16)2-3-8(9)13/h2-4H,5H2,1H3,(H,17,20). The number of thioether (sulfide) groups is 1. The van der Waals surface area contributed by atoms with E-state index in [0.717, 1.165) is 35.0 Å². The molecule has 22 heavy (non-hydrogen) atoms. The molecule has 1 N–H and O–H groups in total. The number of halogens is 4. The molecule has 10 heteroatoms. The van der Waals surface area contributed by atoms with Crippen molar-refractivity contribution in [2.24, 2.45) is 0 Å². The lowest BCUT2D eigenvalue weighted by molar-refractivity contribution is -0.137. The predicted molar refractivity (Wildman–Crippen MR) is 80.5 cm³/mol. The van der Waals surface area contributed by atoms with Gasteiger partial charge in [-0.1, -0.05) is 34.7 Å². The van der Waals surface area contributed by atoms with E-state index in [-0.39, 0.29) is 16.5 Å². The minimum atomic E-state index is -4.50. The summed E-state index contributed by atoms with van der Waals surface area (Å²) in [5, 5.41) is 10.8. The Labute approximate surface area is 137 Å². The van der Waals surface area contributed by atoms with Gasteiger partial charge in [-0.3, -0.25) is 4.79 Å². The lowest BCUT2D eigenvalue weighted by atomic mass is 10.2. The van der Waals surface area contributed by atoms with E-state index in [0.29, 0.717) is 4.34 Å². The Balaban J connectivity index is 2.01. The van der Waals surface area contributed by atoms with Crippen LogP contribution in [-0.4, -0.2) is 21.9 Å². The molecule has 4 nitrogen and oxygen atoms in total. The molecule has 2 rings (SSSR count). The Bertz CT molecular complexity index is 690. The third kappa shape index (κ3) is 4.59. The Kier molecular flexibility index (Phi) is 5.30. The normalized spacial score (nSPS) is 11.5. The quantitative estimate of drug-likeness (QED) is 0.821. The number of nitrogens with one attached hydrogen (secondary N) is 1. The van der Waals surface area contributed by atoms with Crippen LogP contribution in [0, 0.1) is 6.92 Å². The van der Waals surface area contributed by atoms with Crippen LogP contribution in [0.25, 0.3) is 0 Å². The topological polar surface area (TPSA) is 54.9 Å². The van der Waals surface area contributed by atoms with Gasteiger partial charge in [-0.25, -0.2) is 0 Å². The molecule has 0 bridgehead atoms. The summed E-state index contributed by atoms with van der Waals surface area (Å²) >= 11 is 8.28. The number of alkyl halides is 3. The van der Waals surface area contributed by atoms with Crippen molar-refractivity contribution in [3.63, 3.8) is 0 Å². The molecule has 0 aliphatic rings. The van der Waals surface area contributed by atoms with E-state index in [1.807, 2.05) is 0 Å². The fourth-order valence-electron chi connectivity index (χ4n) is 1.45. The number of nitrogens with zero attached hydrogens (tertiary/aromatic N) is 2. The molecule has 0 aliphatic heterocycles. The Morgan fingerprint density at radius 2 is 2.14 bits per heavy atom. The average molecular weight is 368 g/mol. The minimum Gasteiger partial charge on any atom is -0.324 e. The molecule has 1 aromatic carbocycles. The van der Waals surface area contributed by atoms with Gasteiger partial charge >= 0.3 is 6.18 Å². The lowest BCUT2D eigenvalue weighted by Crippen LogP contribution is -2.15. The number of rotatable bonds is 4. The number of carbonyl (C=O) groups is 1. The second-order valence-corrected chi connectivity index (χ2v) is 6.93. The van der Waals surface area contributed by atoms with Crippen LogP contribution in [-0.2, 0) is 11.0 Å². The number of aromatic nitrogens is 2. The van der Waals surface area contributed by atoms with E-state index in [1.54, 1.807) is 6.92 Å². The van der Waals surface area contributed by atoms with Crippen LogP contribution in [0.4, 0.5) is 18.9 Å². The van der Waals surface area contributed by atoms with E-state index < -0.39 is 17.6 Å². The molecule has 0 atom stereocenters. The summed E-state index contributed by atoms with van der Waals surface area (Å²) in [6, 6.07) is 2.76. The summed E-state index contributed by atoms with van der Waals surface area (Å²) in [7, 11) is 0. The number of hydrogen-bond acceptors (Lipinski definition) is 5. The van der Waals surface area contributed by atoms with E-state index in [2.05, 4.69) is 15.5 Å². The number of aryl methyl sites for hydroxylation is 1. The van der Waals surface area contributed by atoms with E-state index in [9.17, 15) is 18.0 Å². The summed E-state index contributed by atoms with van der Waals surface area (Å²) in [4.78, 5) is 11.8. The summed E-state index contributed by atoms with van der Waals surface area (Å²) in [6.07, 6.45) is -4.50. The Hall–Kier alpha value is -1.32. The molecule has 0 radical (unpaired) electrons. The van der Waals surface area contributed by atoms with Gasteiger partial charge < -0.3 is 5.32 Å². The SMILES string of the molecule is Cc1nnc(SCC(=O)Nc2cc(C(F)(F)F)ccc2Cl)s1. The Morgan fingerprint density at radius 1 is 1.41 bits per heavy atom. The molecular formula is C12H9ClF3N3OS2. The first kappa shape index (κ1) is 17.0. The minimum absolute atomic E-state index is 0.00120. The number of benzene rings is 1. The highest BCUT2D eigenvalue weighted by Gasteiger charge is 2.31. The lowest BCUT2D eigenvalue weighted by Gasteiger charge is -2.11. The fraction of sp³-hybridized carbons (Fsp3) is 0.250. The summed E-state index contributed by atoms with van der Waals surface area (Å²) in [5.41, 5.74) is -0.949. The van der Waals surface area contributed by atoms with Crippen molar-refractivity contribution in [3.05, 3.63) is 33.8 Å². The van der Waals surface area contributed by atoms with Crippen molar-refractivity contribution in [1.29, 1.82) is 0 Å². The molecule has 2 aromatic rings. The monoisotopic (exact) mass is 367 g/mol. The Morgan fingerprint density at radius 3 is 2.73 bits per heavy atom. The zero-order valence-electron chi connectivity index (χ0n) is 11.1. The first-order valence-electron chi connectivity index (χ1n) is 5.85. The molecule has 0 spiro atoms. The van der Waals surface area contributed by atoms with Crippen molar-refractivity contribution in [3.8, 4) is 0 Å². The highest BCUT2D eigenvalue weighted by atomic mass is 35.5. The molecule has 0 aliphatic carbocycles. The van der Waals surface area contributed by atoms with Crippen LogP contribution in [0.5, 0.6) is 0 Å². The van der Waals surface area contributed by atoms with Gasteiger partial charge in [-0.05, 0) is 25.1 Å². The third-order valence-electron chi connectivity index (χ3n) is 2.40. The molecule has 1 aromatic heterocycles. The van der Waals surface area contributed by atoms with Crippen LogP contribution in [0.15, 0.2) is 22.5 Å². The van der Waals surface area contributed by atoms with Gasteiger partial charge in [-0.2, -0.15) is 13.2 Å². The smallest absolute Gasteiger partial charge is 0.324 e. The van der Waals surface area contributed by atoms with Gasteiger partial charge in [0.1, 0.15) is 5.01 Å². The highest BCUT2D eigenvalue weighted by molar-refractivity contribution is 8.01. The third-order valence-corrected chi connectivity index (χ3v) is 4.70. The van der Waals surface area contributed by atoms with E-state index in [1.165, 1.54) is 11.3 Å². The average Bonchev–Trinajstić information content (AvgIpc) is 2.83. The second kappa shape index (κ2) is 6.84. The van der Waals surface area contributed by atoms with Crippen LogP contribution < -0.4 is 5.32 Å². The maximum Gasteiger partial charge on any atom is 0.416 e. The van der Waals surface area contributed by atoms with Crippen molar-refractivity contribution in [2.45, 2.75) is 17.4 Å². The van der Waals surface area contributed by atoms with E-state index in [4.69, 9.17) is 11.6 Å². The van der Waals surface area contributed by atoms with Gasteiger partial charge in [-0.15, -0.1) is 10.2 Å². The molecule has 1 amide bonds. The summed E-state index contributed by atoms with van der Waals surface area (Å²) < 4.78 is 38.5. The molecular weight excluding hydrogens is 359 g/mol. The van der Waals surface area contributed by atoms with Gasteiger partial charge in [0.25, 0.3) is 0 Å². The number of carbonyl (C=O) groups excluding carboxylic acids is 1. The maximum atomic E-state index is 12.6.